The minimum Gasteiger partial charge on any atom is -0.409 e. The summed E-state index contributed by atoms with van der Waals surface area (Å²) in [5, 5.41) is 14.8. The van der Waals surface area contributed by atoms with E-state index in [1.54, 1.807) is 0 Å². The first-order valence-corrected chi connectivity index (χ1v) is 6.78. The minimum absolute atomic E-state index is 0.0530. The Morgan fingerprint density at radius 2 is 2.00 bits per heavy atom. The van der Waals surface area contributed by atoms with E-state index < -0.39 is 5.41 Å². The topological polar surface area (TPSA) is 87.7 Å². The van der Waals surface area contributed by atoms with Crippen LogP contribution in [0.3, 0.4) is 0 Å². The van der Waals surface area contributed by atoms with Gasteiger partial charge in [0.25, 0.3) is 0 Å². The van der Waals surface area contributed by atoms with Gasteiger partial charge in [-0.2, -0.15) is 0 Å². The van der Waals surface area contributed by atoms with Gasteiger partial charge in [0.05, 0.1) is 0 Å². The van der Waals surface area contributed by atoms with Crippen molar-refractivity contribution in [2.45, 2.75) is 52.0 Å². The Hall–Kier alpha value is -1.26. The molecule has 0 spiro atoms. The Morgan fingerprint density at radius 3 is 2.50 bits per heavy atom. The van der Waals surface area contributed by atoms with Gasteiger partial charge in [-0.3, -0.25) is 4.79 Å². The number of amidine groups is 1. The van der Waals surface area contributed by atoms with Crippen LogP contribution in [0.4, 0.5) is 0 Å². The van der Waals surface area contributed by atoms with Crippen LogP contribution >= 0.6 is 0 Å². The lowest BCUT2D eigenvalue weighted by Crippen LogP contribution is -2.47. The number of nitrogens with one attached hydrogen (secondary N) is 1. The zero-order valence-electron chi connectivity index (χ0n) is 11.1. The molecule has 5 heteroatoms. The molecule has 1 amide bonds. The van der Waals surface area contributed by atoms with Crippen molar-refractivity contribution in [3.05, 3.63) is 0 Å². The zero-order valence-corrected chi connectivity index (χ0v) is 11.1. The fraction of sp³-hybridized carbons (Fsp3) is 0.846. The lowest BCUT2D eigenvalue weighted by atomic mass is 9.79. The van der Waals surface area contributed by atoms with Gasteiger partial charge in [-0.25, -0.2) is 0 Å². The van der Waals surface area contributed by atoms with Crippen LogP contribution in [0.5, 0.6) is 0 Å². The van der Waals surface area contributed by atoms with Crippen LogP contribution < -0.4 is 11.1 Å². The summed E-state index contributed by atoms with van der Waals surface area (Å²) in [6.07, 6.45) is 4.59. The molecule has 2 aliphatic rings. The van der Waals surface area contributed by atoms with E-state index in [1.807, 2.05) is 0 Å². The first-order chi connectivity index (χ1) is 8.49. The van der Waals surface area contributed by atoms with Crippen LogP contribution in [-0.4, -0.2) is 23.0 Å². The maximum absolute atomic E-state index is 12.2. The van der Waals surface area contributed by atoms with Crippen LogP contribution in [0, 0.1) is 17.3 Å². The van der Waals surface area contributed by atoms with Gasteiger partial charge >= 0.3 is 0 Å². The standard InChI is InChI=1S/C13H23N3O2/c1-8-3-4-10(7-9(8)2)15-12(17)13(5-6-13)11(14)16-18/h8-10,18H,3-7H2,1-2H3,(H2,14,16)(H,15,17). The van der Waals surface area contributed by atoms with Gasteiger partial charge in [-0.15, -0.1) is 0 Å². The predicted octanol–water partition coefficient (Wildman–Crippen LogP) is 1.45. The third kappa shape index (κ3) is 2.31. The van der Waals surface area contributed by atoms with Gasteiger partial charge in [-0.05, 0) is 43.9 Å². The summed E-state index contributed by atoms with van der Waals surface area (Å²) in [6, 6.07) is 0.243. The molecule has 3 unspecified atom stereocenters. The Kier molecular flexibility index (Phi) is 3.50. The molecule has 102 valence electrons. The number of carbonyl (C=O) groups is 1. The first-order valence-electron chi connectivity index (χ1n) is 6.78. The van der Waals surface area contributed by atoms with E-state index >= 15 is 0 Å². The molecule has 0 bridgehead atoms. The fourth-order valence-electron chi connectivity index (χ4n) is 2.82. The molecule has 0 aromatic carbocycles. The Bertz CT molecular complexity index is 363. The highest BCUT2D eigenvalue weighted by Crippen LogP contribution is 2.46. The van der Waals surface area contributed by atoms with Crippen molar-refractivity contribution in [1.29, 1.82) is 0 Å². The highest BCUT2D eigenvalue weighted by atomic mass is 16.4. The van der Waals surface area contributed by atoms with E-state index in [9.17, 15) is 4.79 Å². The number of carbonyl (C=O) groups excluding carboxylic acids is 1. The second-order valence-electron chi connectivity index (χ2n) is 6.01. The van der Waals surface area contributed by atoms with E-state index in [-0.39, 0.29) is 17.8 Å². The molecule has 2 saturated carbocycles. The number of amides is 1. The average molecular weight is 253 g/mol. The van der Waals surface area contributed by atoms with E-state index in [1.165, 1.54) is 0 Å². The lowest BCUT2D eigenvalue weighted by Gasteiger charge is -2.33. The number of nitrogens with zero attached hydrogens (tertiary/aromatic N) is 1. The second-order valence-corrected chi connectivity index (χ2v) is 6.01. The normalized spacial score (nSPS) is 35.0. The van der Waals surface area contributed by atoms with Crippen molar-refractivity contribution in [1.82, 2.24) is 5.32 Å². The van der Waals surface area contributed by atoms with Crippen molar-refractivity contribution < 1.29 is 10.0 Å². The highest BCUT2D eigenvalue weighted by Gasteiger charge is 2.54. The zero-order chi connectivity index (χ0) is 13.3. The summed E-state index contributed by atoms with van der Waals surface area (Å²) < 4.78 is 0. The van der Waals surface area contributed by atoms with Gasteiger partial charge in [-0.1, -0.05) is 19.0 Å². The summed E-state index contributed by atoms with van der Waals surface area (Å²) in [6.45, 7) is 4.50. The molecule has 0 aromatic rings. The summed E-state index contributed by atoms with van der Waals surface area (Å²) in [7, 11) is 0. The Labute approximate surface area is 108 Å². The fourth-order valence-corrected chi connectivity index (χ4v) is 2.82. The number of nitrogens with two attached hydrogens (primary N) is 1. The molecule has 18 heavy (non-hydrogen) atoms. The van der Waals surface area contributed by atoms with Crippen LogP contribution in [0.2, 0.25) is 0 Å². The van der Waals surface area contributed by atoms with Gasteiger partial charge in [0.1, 0.15) is 5.41 Å². The molecule has 4 N–H and O–H groups in total. The third-order valence-corrected chi connectivity index (χ3v) is 4.72. The van der Waals surface area contributed by atoms with E-state index in [0.29, 0.717) is 18.8 Å². The quantitative estimate of drug-likeness (QED) is 0.308. The van der Waals surface area contributed by atoms with Crippen LogP contribution in [-0.2, 0) is 4.79 Å². The molecule has 5 nitrogen and oxygen atoms in total. The largest absolute Gasteiger partial charge is 0.409 e. The number of hydrogen-bond donors (Lipinski definition) is 3. The van der Waals surface area contributed by atoms with Crippen LogP contribution in [0.1, 0.15) is 46.0 Å². The van der Waals surface area contributed by atoms with E-state index in [0.717, 1.165) is 25.2 Å². The molecule has 0 radical (unpaired) electrons. The molecule has 2 aliphatic carbocycles. The van der Waals surface area contributed by atoms with Crippen molar-refractivity contribution in [3.8, 4) is 0 Å². The molecule has 0 heterocycles. The number of rotatable bonds is 3. The van der Waals surface area contributed by atoms with Gasteiger partial charge in [0, 0.05) is 6.04 Å². The van der Waals surface area contributed by atoms with E-state index in [2.05, 4.69) is 24.3 Å². The highest BCUT2D eigenvalue weighted by molar-refractivity contribution is 6.09. The maximum atomic E-state index is 12.2. The average Bonchev–Trinajstić information content (AvgIpc) is 3.14. The molecular formula is C13H23N3O2. The predicted molar refractivity (Wildman–Crippen MR) is 69.2 cm³/mol. The van der Waals surface area contributed by atoms with Crippen molar-refractivity contribution >= 4 is 11.7 Å². The summed E-state index contributed by atoms with van der Waals surface area (Å²) in [5.41, 5.74) is 4.89. The Morgan fingerprint density at radius 1 is 1.33 bits per heavy atom. The minimum atomic E-state index is -0.721. The smallest absolute Gasteiger partial charge is 0.234 e. The summed E-state index contributed by atoms with van der Waals surface area (Å²) in [4.78, 5) is 12.2. The summed E-state index contributed by atoms with van der Waals surface area (Å²) >= 11 is 0. The van der Waals surface area contributed by atoms with Crippen molar-refractivity contribution in [2.24, 2.45) is 28.1 Å². The molecule has 0 aromatic heterocycles. The van der Waals surface area contributed by atoms with Gasteiger partial charge in [0.2, 0.25) is 5.91 Å². The molecule has 0 saturated heterocycles. The maximum Gasteiger partial charge on any atom is 0.234 e. The van der Waals surface area contributed by atoms with Crippen LogP contribution in [0.15, 0.2) is 5.16 Å². The second kappa shape index (κ2) is 4.78. The number of hydrogen-bond acceptors (Lipinski definition) is 3. The monoisotopic (exact) mass is 253 g/mol. The van der Waals surface area contributed by atoms with E-state index in [4.69, 9.17) is 10.9 Å². The first kappa shape index (κ1) is 13.2. The SMILES string of the molecule is CC1CCC(NC(=O)C2(C(N)=NO)CC2)CC1C. The van der Waals surface area contributed by atoms with Gasteiger partial charge in [0.15, 0.2) is 5.84 Å². The molecule has 2 rings (SSSR count). The number of oxime groups is 1. The summed E-state index contributed by atoms with van der Waals surface area (Å²) in [5.74, 6) is 1.36. The van der Waals surface area contributed by atoms with Gasteiger partial charge < -0.3 is 16.3 Å². The third-order valence-electron chi connectivity index (χ3n) is 4.72. The van der Waals surface area contributed by atoms with Crippen molar-refractivity contribution in [3.63, 3.8) is 0 Å². The van der Waals surface area contributed by atoms with Crippen LogP contribution in [0.25, 0.3) is 0 Å². The van der Waals surface area contributed by atoms with Crippen molar-refractivity contribution in [2.75, 3.05) is 0 Å². The Balaban J connectivity index is 1.93. The molecule has 2 fully saturated rings. The molecule has 3 atom stereocenters. The molecular weight excluding hydrogens is 230 g/mol. The lowest BCUT2D eigenvalue weighted by molar-refractivity contribution is -0.125. The molecule has 0 aliphatic heterocycles.